The Morgan fingerprint density at radius 3 is 2.50 bits per heavy atom. The SMILES string of the molecule is CPN1CCC(CN)CC1. The lowest BCUT2D eigenvalue weighted by Crippen LogP contribution is -2.30. The highest BCUT2D eigenvalue weighted by molar-refractivity contribution is 7.34. The smallest absolute Gasteiger partial charge is 0.00216 e. The van der Waals surface area contributed by atoms with E-state index >= 15 is 0 Å². The van der Waals surface area contributed by atoms with E-state index in [-0.39, 0.29) is 0 Å². The van der Waals surface area contributed by atoms with Crippen molar-refractivity contribution in [2.75, 3.05) is 26.3 Å². The summed E-state index contributed by atoms with van der Waals surface area (Å²) in [4.78, 5) is 0. The average Bonchev–Trinajstić information content (AvgIpc) is 2.05. The fourth-order valence-electron chi connectivity index (χ4n) is 1.39. The molecular formula is C7H17N2P. The Labute approximate surface area is 65.0 Å². The maximum Gasteiger partial charge on any atom is 0.00216 e. The molecule has 0 aromatic rings. The number of hydrogen-bond acceptors (Lipinski definition) is 2. The van der Waals surface area contributed by atoms with Gasteiger partial charge < -0.3 is 5.73 Å². The molecule has 3 heteroatoms. The fraction of sp³-hybridized carbons (Fsp3) is 1.00. The first-order chi connectivity index (χ1) is 4.86. The molecule has 1 atom stereocenters. The van der Waals surface area contributed by atoms with Crippen LogP contribution in [0.2, 0.25) is 0 Å². The fourth-order valence-corrected chi connectivity index (χ4v) is 2.10. The normalized spacial score (nSPS) is 24.6. The van der Waals surface area contributed by atoms with E-state index in [1.54, 1.807) is 0 Å². The lowest BCUT2D eigenvalue weighted by atomic mass is 9.99. The van der Waals surface area contributed by atoms with Gasteiger partial charge in [0.25, 0.3) is 0 Å². The molecule has 0 aromatic carbocycles. The van der Waals surface area contributed by atoms with Crippen molar-refractivity contribution in [3.63, 3.8) is 0 Å². The molecule has 1 unspecified atom stereocenters. The van der Waals surface area contributed by atoms with Crippen LogP contribution in [0.25, 0.3) is 0 Å². The Hall–Kier alpha value is 0.350. The number of rotatable bonds is 2. The van der Waals surface area contributed by atoms with E-state index in [4.69, 9.17) is 5.73 Å². The van der Waals surface area contributed by atoms with Gasteiger partial charge in [-0.05, 0) is 32.0 Å². The van der Waals surface area contributed by atoms with Gasteiger partial charge in [-0.25, -0.2) is 0 Å². The zero-order valence-electron chi connectivity index (χ0n) is 6.64. The van der Waals surface area contributed by atoms with Crippen molar-refractivity contribution < 1.29 is 0 Å². The van der Waals surface area contributed by atoms with Gasteiger partial charge in [0.05, 0.1) is 0 Å². The van der Waals surface area contributed by atoms with Gasteiger partial charge in [0.1, 0.15) is 0 Å². The van der Waals surface area contributed by atoms with E-state index in [2.05, 4.69) is 11.3 Å². The summed E-state index contributed by atoms with van der Waals surface area (Å²) in [6.07, 6.45) is 2.63. The van der Waals surface area contributed by atoms with Gasteiger partial charge in [-0.15, -0.1) is 0 Å². The van der Waals surface area contributed by atoms with Crippen molar-refractivity contribution in [3.8, 4) is 0 Å². The molecule has 1 aliphatic heterocycles. The van der Waals surface area contributed by atoms with Crippen LogP contribution in [0.15, 0.2) is 0 Å². The molecule has 0 aromatic heterocycles. The quantitative estimate of drug-likeness (QED) is 0.607. The van der Waals surface area contributed by atoms with Gasteiger partial charge in [0, 0.05) is 13.1 Å². The van der Waals surface area contributed by atoms with E-state index in [9.17, 15) is 0 Å². The molecule has 10 heavy (non-hydrogen) atoms. The van der Waals surface area contributed by atoms with Crippen LogP contribution < -0.4 is 5.73 Å². The van der Waals surface area contributed by atoms with Crippen LogP contribution in [0.1, 0.15) is 12.8 Å². The van der Waals surface area contributed by atoms with Gasteiger partial charge in [-0.1, -0.05) is 8.73 Å². The Morgan fingerprint density at radius 1 is 1.50 bits per heavy atom. The summed E-state index contributed by atoms with van der Waals surface area (Å²) < 4.78 is 2.52. The van der Waals surface area contributed by atoms with Crippen LogP contribution in [0.5, 0.6) is 0 Å². The summed E-state index contributed by atoms with van der Waals surface area (Å²) in [7, 11) is 0.991. The van der Waals surface area contributed by atoms with Crippen molar-refractivity contribution in [3.05, 3.63) is 0 Å². The third-order valence-electron chi connectivity index (χ3n) is 2.26. The molecular weight excluding hydrogens is 143 g/mol. The molecule has 0 radical (unpaired) electrons. The van der Waals surface area contributed by atoms with Crippen LogP contribution >= 0.6 is 8.73 Å². The van der Waals surface area contributed by atoms with Crippen molar-refractivity contribution >= 4 is 8.73 Å². The second kappa shape index (κ2) is 4.27. The predicted molar refractivity (Wildman–Crippen MR) is 47.6 cm³/mol. The highest BCUT2D eigenvalue weighted by atomic mass is 31.1. The minimum atomic E-state index is 0.813. The van der Waals surface area contributed by atoms with E-state index < -0.39 is 0 Å². The van der Waals surface area contributed by atoms with E-state index in [0.717, 1.165) is 21.2 Å². The lowest BCUT2D eigenvalue weighted by molar-refractivity contribution is 0.293. The zero-order valence-corrected chi connectivity index (χ0v) is 7.64. The monoisotopic (exact) mass is 160 g/mol. The molecule has 60 valence electrons. The van der Waals surface area contributed by atoms with Crippen LogP contribution in [0.4, 0.5) is 0 Å². The Morgan fingerprint density at radius 2 is 2.10 bits per heavy atom. The second-order valence-electron chi connectivity index (χ2n) is 2.89. The van der Waals surface area contributed by atoms with Gasteiger partial charge >= 0.3 is 0 Å². The minimum Gasteiger partial charge on any atom is -0.330 e. The molecule has 1 saturated heterocycles. The minimum absolute atomic E-state index is 0.813. The maximum atomic E-state index is 5.57. The third kappa shape index (κ3) is 2.19. The van der Waals surface area contributed by atoms with Crippen molar-refractivity contribution in [2.24, 2.45) is 11.7 Å². The first-order valence-corrected chi connectivity index (χ1v) is 5.44. The number of nitrogens with two attached hydrogens (primary N) is 1. The second-order valence-corrected chi connectivity index (χ2v) is 3.97. The summed E-state index contributed by atoms with van der Waals surface area (Å²) in [6.45, 7) is 5.69. The Bertz CT molecular complexity index is 77.6. The molecule has 0 saturated carbocycles. The van der Waals surface area contributed by atoms with E-state index in [1.165, 1.54) is 25.9 Å². The Balaban J connectivity index is 2.17. The highest BCUT2D eigenvalue weighted by Crippen LogP contribution is 2.23. The maximum absolute atomic E-state index is 5.57. The van der Waals surface area contributed by atoms with Crippen molar-refractivity contribution in [2.45, 2.75) is 12.8 Å². The Kier molecular flexibility index (Phi) is 3.61. The number of piperidine rings is 1. The van der Waals surface area contributed by atoms with Gasteiger partial charge in [0.15, 0.2) is 0 Å². The molecule has 1 fully saturated rings. The molecule has 0 aliphatic carbocycles. The standard InChI is InChI=1S/C7H17N2P/c1-10-9-4-2-7(6-8)3-5-9/h7,10H,2-6,8H2,1H3. The lowest BCUT2D eigenvalue weighted by Gasteiger charge is -2.29. The van der Waals surface area contributed by atoms with Crippen LogP contribution in [0, 0.1) is 5.92 Å². The van der Waals surface area contributed by atoms with Crippen LogP contribution in [-0.4, -0.2) is 31.0 Å². The summed E-state index contributed by atoms with van der Waals surface area (Å²) in [5.74, 6) is 0.813. The molecule has 1 heterocycles. The van der Waals surface area contributed by atoms with Crippen molar-refractivity contribution in [1.29, 1.82) is 0 Å². The van der Waals surface area contributed by atoms with Crippen molar-refractivity contribution in [1.82, 2.24) is 4.67 Å². The van der Waals surface area contributed by atoms with Gasteiger partial charge in [0.2, 0.25) is 0 Å². The van der Waals surface area contributed by atoms with Crippen LogP contribution in [-0.2, 0) is 0 Å². The molecule has 2 nitrogen and oxygen atoms in total. The topological polar surface area (TPSA) is 29.3 Å². The first kappa shape index (κ1) is 8.45. The summed E-state index contributed by atoms with van der Waals surface area (Å²) in [5, 5.41) is 0. The van der Waals surface area contributed by atoms with Crippen LogP contribution in [0.3, 0.4) is 0 Å². The number of nitrogens with zero attached hydrogens (tertiary/aromatic N) is 1. The van der Waals surface area contributed by atoms with E-state index in [1.807, 2.05) is 0 Å². The third-order valence-corrected chi connectivity index (χ3v) is 3.34. The molecule has 0 amide bonds. The molecule has 0 bridgehead atoms. The molecule has 1 aliphatic rings. The largest absolute Gasteiger partial charge is 0.330 e. The molecule has 0 spiro atoms. The van der Waals surface area contributed by atoms with Gasteiger partial charge in [-0.3, -0.25) is 4.67 Å². The summed E-state index contributed by atoms with van der Waals surface area (Å²) in [5.41, 5.74) is 5.57. The number of hydrogen-bond donors (Lipinski definition) is 1. The predicted octanol–water partition coefficient (Wildman–Crippen LogP) is 0.880. The first-order valence-electron chi connectivity index (χ1n) is 3.99. The molecule has 1 rings (SSSR count). The average molecular weight is 160 g/mol. The van der Waals surface area contributed by atoms with Gasteiger partial charge in [-0.2, -0.15) is 0 Å². The van der Waals surface area contributed by atoms with E-state index in [0.29, 0.717) is 0 Å². The highest BCUT2D eigenvalue weighted by Gasteiger charge is 2.15. The summed E-state index contributed by atoms with van der Waals surface area (Å²) >= 11 is 0. The molecule has 2 N–H and O–H groups in total. The zero-order chi connectivity index (χ0) is 7.40. The summed E-state index contributed by atoms with van der Waals surface area (Å²) in [6, 6.07) is 0.